The summed E-state index contributed by atoms with van der Waals surface area (Å²) < 4.78 is 0. The van der Waals surface area contributed by atoms with Crippen LogP contribution in [0.3, 0.4) is 0 Å². The third-order valence-electron chi connectivity index (χ3n) is 3.15. The number of nitrogens with one attached hydrogen (secondary N) is 2. The molecule has 104 valence electrons. The number of carbonyl (C=O) groups is 1. The molecule has 0 spiro atoms. The lowest BCUT2D eigenvalue weighted by atomic mass is 10.0. The van der Waals surface area contributed by atoms with Gasteiger partial charge in [-0.1, -0.05) is 26.0 Å². The molecular formula is C16H19N3O. The highest BCUT2D eigenvalue weighted by Crippen LogP contribution is 2.18. The first-order chi connectivity index (χ1) is 9.60. The van der Waals surface area contributed by atoms with Crippen LogP contribution >= 0.6 is 0 Å². The van der Waals surface area contributed by atoms with Gasteiger partial charge in [-0.3, -0.25) is 10.6 Å². The predicted molar refractivity (Wildman–Crippen MR) is 82.7 cm³/mol. The van der Waals surface area contributed by atoms with Crippen molar-refractivity contribution in [2.45, 2.75) is 19.8 Å². The molecule has 0 saturated carbocycles. The van der Waals surface area contributed by atoms with Crippen molar-refractivity contribution in [3.8, 4) is 0 Å². The summed E-state index contributed by atoms with van der Waals surface area (Å²) in [6.07, 6.45) is 0. The first-order valence-corrected chi connectivity index (χ1v) is 6.58. The standard InChI is InChI=1S/C16H19N3O/c1-11(2)12-3-7-14(8-4-12)18-16(20)13-5-9-15(19-17)10-6-13/h3-11,19H,17H2,1-2H3,(H,18,20). The van der Waals surface area contributed by atoms with Crippen LogP contribution in [0.1, 0.15) is 35.7 Å². The molecule has 20 heavy (non-hydrogen) atoms. The van der Waals surface area contributed by atoms with Crippen LogP contribution in [0, 0.1) is 0 Å². The Morgan fingerprint density at radius 1 is 0.950 bits per heavy atom. The second kappa shape index (κ2) is 6.21. The van der Waals surface area contributed by atoms with Gasteiger partial charge in [-0.2, -0.15) is 0 Å². The number of hydrazine groups is 1. The molecule has 0 aromatic heterocycles. The van der Waals surface area contributed by atoms with E-state index in [0.717, 1.165) is 11.4 Å². The van der Waals surface area contributed by atoms with Gasteiger partial charge in [-0.25, -0.2) is 0 Å². The Balaban J connectivity index is 2.06. The summed E-state index contributed by atoms with van der Waals surface area (Å²) >= 11 is 0. The van der Waals surface area contributed by atoms with E-state index in [9.17, 15) is 4.79 Å². The van der Waals surface area contributed by atoms with Gasteiger partial charge in [0.2, 0.25) is 0 Å². The van der Waals surface area contributed by atoms with Crippen molar-refractivity contribution in [2.24, 2.45) is 5.84 Å². The summed E-state index contributed by atoms with van der Waals surface area (Å²) in [5, 5.41) is 2.87. The minimum atomic E-state index is -0.133. The molecule has 1 amide bonds. The minimum Gasteiger partial charge on any atom is -0.324 e. The number of amides is 1. The molecule has 2 aromatic rings. The summed E-state index contributed by atoms with van der Waals surface area (Å²) in [6.45, 7) is 4.28. The third-order valence-corrected chi connectivity index (χ3v) is 3.15. The molecule has 0 saturated heterocycles. The number of nitrogens with two attached hydrogens (primary N) is 1. The van der Waals surface area contributed by atoms with Crippen molar-refractivity contribution in [1.29, 1.82) is 0 Å². The highest BCUT2D eigenvalue weighted by atomic mass is 16.1. The Kier molecular flexibility index (Phi) is 4.38. The van der Waals surface area contributed by atoms with Crippen LogP contribution in [-0.2, 0) is 0 Å². The first-order valence-electron chi connectivity index (χ1n) is 6.58. The Morgan fingerprint density at radius 3 is 2.00 bits per heavy atom. The molecule has 4 nitrogen and oxygen atoms in total. The van der Waals surface area contributed by atoms with E-state index >= 15 is 0 Å². The lowest BCUT2D eigenvalue weighted by Gasteiger charge is -2.09. The van der Waals surface area contributed by atoms with Gasteiger partial charge in [0, 0.05) is 16.9 Å². The average Bonchev–Trinajstić information content (AvgIpc) is 2.48. The van der Waals surface area contributed by atoms with Gasteiger partial charge in [0.05, 0.1) is 0 Å². The second-order valence-corrected chi connectivity index (χ2v) is 4.95. The first kappa shape index (κ1) is 14.1. The summed E-state index contributed by atoms with van der Waals surface area (Å²) in [6, 6.07) is 14.9. The van der Waals surface area contributed by atoms with Crippen molar-refractivity contribution in [3.05, 3.63) is 59.7 Å². The van der Waals surface area contributed by atoms with Crippen molar-refractivity contribution in [1.82, 2.24) is 0 Å². The van der Waals surface area contributed by atoms with Gasteiger partial charge in [0.15, 0.2) is 0 Å². The normalized spacial score (nSPS) is 10.4. The van der Waals surface area contributed by atoms with Crippen LogP contribution in [0.5, 0.6) is 0 Å². The van der Waals surface area contributed by atoms with Crippen LogP contribution < -0.4 is 16.6 Å². The van der Waals surface area contributed by atoms with Crippen LogP contribution in [0.2, 0.25) is 0 Å². The average molecular weight is 269 g/mol. The lowest BCUT2D eigenvalue weighted by molar-refractivity contribution is 0.102. The van der Waals surface area contributed by atoms with Gasteiger partial charge in [0.1, 0.15) is 0 Å². The van der Waals surface area contributed by atoms with E-state index in [4.69, 9.17) is 5.84 Å². The van der Waals surface area contributed by atoms with Gasteiger partial charge < -0.3 is 10.7 Å². The van der Waals surface area contributed by atoms with E-state index in [0.29, 0.717) is 11.5 Å². The number of carbonyl (C=O) groups excluding carboxylic acids is 1. The van der Waals surface area contributed by atoms with Crippen LogP contribution in [0.15, 0.2) is 48.5 Å². The van der Waals surface area contributed by atoms with E-state index < -0.39 is 0 Å². The van der Waals surface area contributed by atoms with Gasteiger partial charge >= 0.3 is 0 Å². The molecule has 2 aromatic carbocycles. The molecule has 0 atom stereocenters. The maximum absolute atomic E-state index is 12.1. The molecule has 0 fully saturated rings. The summed E-state index contributed by atoms with van der Waals surface area (Å²) in [5.41, 5.74) is 5.93. The molecule has 0 unspecified atom stereocenters. The van der Waals surface area contributed by atoms with E-state index in [1.807, 2.05) is 24.3 Å². The molecule has 0 aliphatic heterocycles. The fourth-order valence-corrected chi connectivity index (χ4v) is 1.87. The van der Waals surface area contributed by atoms with Gasteiger partial charge in [-0.15, -0.1) is 0 Å². The Hall–Kier alpha value is -2.33. The van der Waals surface area contributed by atoms with E-state index in [2.05, 4.69) is 24.6 Å². The van der Waals surface area contributed by atoms with Crippen molar-refractivity contribution >= 4 is 17.3 Å². The quantitative estimate of drug-likeness (QED) is 0.589. The zero-order valence-corrected chi connectivity index (χ0v) is 11.7. The number of anilines is 2. The SMILES string of the molecule is CC(C)c1ccc(NC(=O)c2ccc(NN)cc2)cc1. The molecule has 2 rings (SSSR count). The van der Waals surface area contributed by atoms with Crippen molar-refractivity contribution in [3.63, 3.8) is 0 Å². The number of hydrogen-bond acceptors (Lipinski definition) is 3. The summed E-state index contributed by atoms with van der Waals surface area (Å²) in [4.78, 5) is 12.1. The van der Waals surface area contributed by atoms with E-state index in [1.54, 1.807) is 24.3 Å². The zero-order chi connectivity index (χ0) is 14.5. The number of hydrogen-bond donors (Lipinski definition) is 3. The van der Waals surface area contributed by atoms with Gasteiger partial charge in [-0.05, 0) is 47.9 Å². The molecule has 4 heteroatoms. The van der Waals surface area contributed by atoms with Crippen molar-refractivity contribution in [2.75, 3.05) is 10.7 Å². The largest absolute Gasteiger partial charge is 0.324 e. The Labute approximate surface area is 119 Å². The molecular weight excluding hydrogens is 250 g/mol. The number of nitrogen functional groups attached to an aromatic ring is 1. The van der Waals surface area contributed by atoms with Gasteiger partial charge in [0.25, 0.3) is 5.91 Å². The summed E-state index contributed by atoms with van der Waals surface area (Å²) in [5.74, 6) is 5.64. The number of benzene rings is 2. The van der Waals surface area contributed by atoms with Crippen LogP contribution in [0.4, 0.5) is 11.4 Å². The lowest BCUT2D eigenvalue weighted by Crippen LogP contribution is -2.12. The highest BCUT2D eigenvalue weighted by Gasteiger charge is 2.06. The molecule has 0 aliphatic rings. The van der Waals surface area contributed by atoms with E-state index in [1.165, 1.54) is 5.56 Å². The predicted octanol–water partition coefficient (Wildman–Crippen LogP) is 3.35. The molecule has 4 N–H and O–H groups in total. The molecule has 0 radical (unpaired) electrons. The monoisotopic (exact) mass is 269 g/mol. The Morgan fingerprint density at radius 2 is 1.50 bits per heavy atom. The topological polar surface area (TPSA) is 67.2 Å². The maximum atomic E-state index is 12.1. The fraction of sp³-hybridized carbons (Fsp3) is 0.188. The fourth-order valence-electron chi connectivity index (χ4n) is 1.87. The molecule has 0 aliphatic carbocycles. The summed E-state index contributed by atoms with van der Waals surface area (Å²) in [7, 11) is 0. The minimum absolute atomic E-state index is 0.133. The highest BCUT2D eigenvalue weighted by molar-refractivity contribution is 6.04. The molecule has 0 bridgehead atoms. The second-order valence-electron chi connectivity index (χ2n) is 4.95. The van der Waals surface area contributed by atoms with Crippen LogP contribution in [-0.4, -0.2) is 5.91 Å². The third kappa shape index (κ3) is 3.36. The smallest absolute Gasteiger partial charge is 0.255 e. The van der Waals surface area contributed by atoms with Crippen LogP contribution in [0.25, 0.3) is 0 Å². The maximum Gasteiger partial charge on any atom is 0.255 e. The van der Waals surface area contributed by atoms with Crippen molar-refractivity contribution < 1.29 is 4.79 Å². The zero-order valence-electron chi connectivity index (χ0n) is 11.7. The number of rotatable bonds is 4. The molecule has 0 heterocycles. The Bertz CT molecular complexity index is 574. The van der Waals surface area contributed by atoms with E-state index in [-0.39, 0.29) is 5.91 Å².